The van der Waals surface area contributed by atoms with Crippen molar-refractivity contribution >= 4 is 17.1 Å². The number of aryl methyl sites for hydroxylation is 3. The summed E-state index contributed by atoms with van der Waals surface area (Å²) in [5.41, 5.74) is 12.1. The van der Waals surface area contributed by atoms with Gasteiger partial charge in [0.2, 0.25) is 5.95 Å². The van der Waals surface area contributed by atoms with Crippen molar-refractivity contribution in [2.45, 2.75) is 20.8 Å². The molecule has 2 N–H and O–H groups in total. The third-order valence-corrected chi connectivity index (χ3v) is 3.26. The lowest BCUT2D eigenvalue weighted by atomic mass is 10.1. The zero-order chi connectivity index (χ0) is 13.6. The number of anilines is 1. The maximum Gasteiger partial charge on any atom is 0.207 e. The van der Waals surface area contributed by atoms with Crippen molar-refractivity contribution in [1.29, 1.82) is 0 Å². The van der Waals surface area contributed by atoms with E-state index >= 15 is 0 Å². The minimum atomic E-state index is 0.472. The normalized spacial score (nSPS) is 11.1. The lowest BCUT2D eigenvalue weighted by Gasteiger charge is -2.10. The van der Waals surface area contributed by atoms with Gasteiger partial charge in [0.05, 0.1) is 5.69 Å². The van der Waals surface area contributed by atoms with Crippen molar-refractivity contribution in [1.82, 2.24) is 14.5 Å². The molecule has 2 aromatic heterocycles. The Morgan fingerprint density at radius 2 is 1.79 bits per heavy atom. The molecule has 0 unspecified atom stereocenters. The molecule has 3 rings (SSSR count). The van der Waals surface area contributed by atoms with Crippen molar-refractivity contribution in [3.8, 4) is 5.69 Å². The van der Waals surface area contributed by atoms with Crippen LogP contribution in [0.25, 0.3) is 16.9 Å². The second-order valence-corrected chi connectivity index (χ2v) is 4.89. The molecule has 0 saturated heterocycles. The summed E-state index contributed by atoms with van der Waals surface area (Å²) in [7, 11) is 0. The van der Waals surface area contributed by atoms with E-state index in [1.807, 2.05) is 23.6 Å². The second kappa shape index (κ2) is 4.09. The molecule has 2 heterocycles. The summed E-state index contributed by atoms with van der Waals surface area (Å²) < 4.78 is 1.91. The van der Waals surface area contributed by atoms with Crippen LogP contribution in [-0.2, 0) is 0 Å². The van der Waals surface area contributed by atoms with E-state index in [2.05, 4.69) is 42.0 Å². The van der Waals surface area contributed by atoms with Gasteiger partial charge in [0.25, 0.3) is 0 Å². The molecule has 0 aliphatic rings. The van der Waals surface area contributed by atoms with E-state index in [9.17, 15) is 0 Å². The highest BCUT2D eigenvalue weighted by atomic mass is 15.2. The van der Waals surface area contributed by atoms with Crippen molar-refractivity contribution in [3.05, 3.63) is 47.2 Å². The number of rotatable bonds is 1. The molecule has 0 aliphatic heterocycles. The maximum absolute atomic E-state index is 6.05. The Balaban J connectivity index is 2.35. The first-order valence-electron chi connectivity index (χ1n) is 6.25. The van der Waals surface area contributed by atoms with E-state index in [1.54, 1.807) is 0 Å². The number of nitrogen functional groups attached to an aromatic ring is 1. The van der Waals surface area contributed by atoms with Gasteiger partial charge in [-0.05, 0) is 44.5 Å². The topological polar surface area (TPSA) is 56.7 Å². The minimum Gasteiger partial charge on any atom is -0.369 e. The number of nitrogens with zero attached hydrogens (tertiary/aromatic N) is 3. The molecule has 0 aliphatic carbocycles. The van der Waals surface area contributed by atoms with Gasteiger partial charge in [-0.1, -0.05) is 17.7 Å². The third-order valence-electron chi connectivity index (χ3n) is 3.26. The van der Waals surface area contributed by atoms with Crippen LogP contribution in [0.15, 0.2) is 30.3 Å². The zero-order valence-corrected chi connectivity index (χ0v) is 11.3. The molecule has 4 heteroatoms. The number of nitrogens with two attached hydrogens (primary N) is 1. The summed E-state index contributed by atoms with van der Waals surface area (Å²) >= 11 is 0. The highest BCUT2D eigenvalue weighted by Gasteiger charge is 2.13. The molecule has 19 heavy (non-hydrogen) atoms. The SMILES string of the molecule is Cc1ccc(-n2c(N)nc3ccc(C)nc32)c(C)c1. The first kappa shape index (κ1) is 11.7. The van der Waals surface area contributed by atoms with E-state index in [0.29, 0.717) is 5.95 Å². The Morgan fingerprint density at radius 3 is 2.53 bits per heavy atom. The fraction of sp³-hybridized carbons (Fsp3) is 0.200. The zero-order valence-electron chi connectivity index (χ0n) is 11.3. The molecule has 0 amide bonds. The predicted molar refractivity (Wildman–Crippen MR) is 77.5 cm³/mol. The van der Waals surface area contributed by atoms with Crippen LogP contribution in [-0.4, -0.2) is 14.5 Å². The summed E-state index contributed by atoms with van der Waals surface area (Å²) in [6.07, 6.45) is 0. The highest BCUT2D eigenvalue weighted by Crippen LogP contribution is 2.24. The number of imidazole rings is 1. The Bertz CT molecular complexity index is 771. The van der Waals surface area contributed by atoms with Crippen LogP contribution in [0, 0.1) is 20.8 Å². The van der Waals surface area contributed by atoms with Gasteiger partial charge in [0.1, 0.15) is 5.52 Å². The molecule has 1 aromatic carbocycles. The Morgan fingerprint density at radius 1 is 1.00 bits per heavy atom. The Kier molecular flexibility index (Phi) is 2.52. The highest BCUT2D eigenvalue weighted by molar-refractivity contribution is 5.77. The Labute approximate surface area is 111 Å². The summed E-state index contributed by atoms with van der Waals surface area (Å²) in [6.45, 7) is 6.12. The fourth-order valence-electron chi connectivity index (χ4n) is 2.36. The number of fused-ring (bicyclic) bond motifs is 1. The molecule has 0 radical (unpaired) electrons. The molecule has 96 valence electrons. The van der Waals surface area contributed by atoms with E-state index in [-0.39, 0.29) is 0 Å². The van der Waals surface area contributed by atoms with Crippen LogP contribution in [0.5, 0.6) is 0 Å². The molecule has 0 fully saturated rings. The second-order valence-electron chi connectivity index (χ2n) is 4.89. The predicted octanol–water partition coefficient (Wildman–Crippen LogP) is 2.93. The van der Waals surface area contributed by atoms with E-state index in [1.165, 1.54) is 5.56 Å². The number of pyridine rings is 1. The van der Waals surface area contributed by atoms with Gasteiger partial charge in [-0.15, -0.1) is 0 Å². The number of hydrogen-bond acceptors (Lipinski definition) is 3. The van der Waals surface area contributed by atoms with Crippen LogP contribution < -0.4 is 5.73 Å². The average Bonchev–Trinajstić information content (AvgIpc) is 2.65. The first-order chi connectivity index (χ1) is 9.06. The molecule has 0 spiro atoms. The smallest absolute Gasteiger partial charge is 0.207 e. The summed E-state index contributed by atoms with van der Waals surface area (Å²) in [5.74, 6) is 0.472. The summed E-state index contributed by atoms with van der Waals surface area (Å²) in [4.78, 5) is 8.93. The number of aromatic nitrogens is 3. The molecule has 4 nitrogen and oxygen atoms in total. The molecular formula is C15H16N4. The van der Waals surface area contributed by atoms with Gasteiger partial charge in [0, 0.05) is 5.69 Å². The minimum absolute atomic E-state index is 0.472. The molecule has 0 saturated carbocycles. The van der Waals surface area contributed by atoms with Gasteiger partial charge in [-0.25, -0.2) is 9.97 Å². The van der Waals surface area contributed by atoms with Crippen molar-refractivity contribution < 1.29 is 0 Å². The van der Waals surface area contributed by atoms with E-state index in [0.717, 1.165) is 28.1 Å². The van der Waals surface area contributed by atoms with Crippen LogP contribution in [0.3, 0.4) is 0 Å². The lowest BCUT2D eigenvalue weighted by molar-refractivity contribution is 1.05. The average molecular weight is 252 g/mol. The van der Waals surface area contributed by atoms with Crippen molar-refractivity contribution in [2.75, 3.05) is 5.73 Å². The largest absolute Gasteiger partial charge is 0.369 e. The quantitative estimate of drug-likeness (QED) is 0.724. The molecule has 3 aromatic rings. The van der Waals surface area contributed by atoms with E-state index < -0.39 is 0 Å². The van der Waals surface area contributed by atoms with Gasteiger partial charge < -0.3 is 5.73 Å². The first-order valence-corrected chi connectivity index (χ1v) is 6.25. The van der Waals surface area contributed by atoms with Crippen LogP contribution in [0.4, 0.5) is 5.95 Å². The van der Waals surface area contributed by atoms with Gasteiger partial charge in [0.15, 0.2) is 5.65 Å². The summed E-state index contributed by atoms with van der Waals surface area (Å²) in [6, 6.07) is 10.2. The molecule has 0 bridgehead atoms. The molecular weight excluding hydrogens is 236 g/mol. The van der Waals surface area contributed by atoms with Gasteiger partial charge in [-0.2, -0.15) is 0 Å². The number of benzene rings is 1. The van der Waals surface area contributed by atoms with Crippen molar-refractivity contribution in [2.24, 2.45) is 0 Å². The van der Waals surface area contributed by atoms with Gasteiger partial charge >= 0.3 is 0 Å². The monoisotopic (exact) mass is 252 g/mol. The van der Waals surface area contributed by atoms with Crippen LogP contribution in [0.2, 0.25) is 0 Å². The van der Waals surface area contributed by atoms with Crippen LogP contribution >= 0.6 is 0 Å². The fourth-order valence-corrected chi connectivity index (χ4v) is 2.36. The molecule has 0 atom stereocenters. The van der Waals surface area contributed by atoms with Crippen LogP contribution in [0.1, 0.15) is 16.8 Å². The van der Waals surface area contributed by atoms with Gasteiger partial charge in [-0.3, -0.25) is 4.57 Å². The summed E-state index contributed by atoms with van der Waals surface area (Å²) in [5, 5.41) is 0. The maximum atomic E-state index is 6.05. The Hall–Kier alpha value is -2.36. The standard InChI is InChI=1S/C15H16N4/c1-9-4-7-13(10(2)8-9)19-14-12(18-15(19)16)6-5-11(3)17-14/h4-8H,1-3H3,(H2,16,18). The van der Waals surface area contributed by atoms with Crippen molar-refractivity contribution in [3.63, 3.8) is 0 Å². The third kappa shape index (κ3) is 1.85. The number of hydrogen-bond donors (Lipinski definition) is 1. The van der Waals surface area contributed by atoms with E-state index in [4.69, 9.17) is 5.73 Å². The lowest BCUT2D eigenvalue weighted by Crippen LogP contribution is -2.03.